The molecule has 70 valence electrons. The van der Waals surface area contributed by atoms with Gasteiger partial charge in [0.15, 0.2) is 0 Å². The molecule has 1 N–H and O–H groups in total. The predicted molar refractivity (Wildman–Crippen MR) is 43.4 cm³/mol. The Morgan fingerprint density at radius 2 is 2.25 bits per heavy atom. The lowest BCUT2D eigenvalue weighted by atomic mass is 10.3. The highest BCUT2D eigenvalue weighted by Crippen LogP contribution is 1.96. The molecule has 4 heteroatoms. The van der Waals surface area contributed by atoms with Gasteiger partial charge in [0.2, 0.25) is 0 Å². The molecule has 0 radical (unpaired) electrons. The monoisotopic (exact) mass is 174 g/mol. The Morgan fingerprint density at radius 1 is 1.58 bits per heavy atom. The molecule has 0 aliphatic rings. The third-order valence-electron chi connectivity index (χ3n) is 1.07. The molecule has 0 aromatic rings. The summed E-state index contributed by atoms with van der Waals surface area (Å²) in [5, 5.41) is 8.35. The Balaban J connectivity index is 3.74. The van der Waals surface area contributed by atoms with Gasteiger partial charge >= 0.3 is 5.97 Å². The molecular weight excluding hydrogens is 160 g/mol. The predicted octanol–water partition coefficient (Wildman–Crippen LogP) is 0.462. The van der Waals surface area contributed by atoms with Crippen molar-refractivity contribution in [1.82, 2.24) is 0 Å². The van der Waals surface area contributed by atoms with E-state index in [4.69, 9.17) is 9.84 Å². The van der Waals surface area contributed by atoms with Gasteiger partial charge in [0.25, 0.3) is 0 Å². The lowest BCUT2D eigenvalue weighted by molar-refractivity contribution is -0.138. The molecule has 0 saturated carbocycles. The molecule has 4 nitrogen and oxygen atoms in total. The van der Waals surface area contributed by atoms with Gasteiger partial charge in [-0.05, 0) is 13.8 Å². The van der Waals surface area contributed by atoms with E-state index >= 15 is 0 Å². The molecular formula is C8H14O4. The van der Waals surface area contributed by atoms with E-state index in [1.165, 1.54) is 6.26 Å². The number of aliphatic hydroxyl groups excluding tert-OH is 1. The van der Waals surface area contributed by atoms with Crippen molar-refractivity contribution in [1.29, 1.82) is 0 Å². The van der Waals surface area contributed by atoms with E-state index < -0.39 is 5.97 Å². The zero-order valence-electron chi connectivity index (χ0n) is 7.37. The molecule has 0 saturated heterocycles. The molecule has 0 unspecified atom stereocenters. The van der Waals surface area contributed by atoms with Gasteiger partial charge in [0, 0.05) is 0 Å². The van der Waals surface area contributed by atoms with Gasteiger partial charge in [-0.15, -0.1) is 0 Å². The van der Waals surface area contributed by atoms with Crippen molar-refractivity contribution in [2.24, 2.45) is 0 Å². The van der Waals surface area contributed by atoms with Crippen LogP contribution in [0.1, 0.15) is 13.8 Å². The molecule has 0 rings (SSSR count). The van der Waals surface area contributed by atoms with Crippen LogP contribution in [0.25, 0.3) is 0 Å². The van der Waals surface area contributed by atoms with Crippen molar-refractivity contribution in [2.75, 3.05) is 19.8 Å². The van der Waals surface area contributed by atoms with Crippen LogP contribution >= 0.6 is 0 Å². The van der Waals surface area contributed by atoms with Gasteiger partial charge in [-0.1, -0.05) is 0 Å². The number of carbonyl (C=O) groups excluding carboxylic acids is 1. The summed E-state index contributed by atoms with van der Waals surface area (Å²) in [6, 6.07) is 0. The summed E-state index contributed by atoms with van der Waals surface area (Å²) in [6.07, 6.45) is 1.29. The molecule has 0 fully saturated rings. The number of aliphatic hydroxyl groups is 1. The second-order valence-corrected chi connectivity index (χ2v) is 2.12. The van der Waals surface area contributed by atoms with Crippen LogP contribution in [0.2, 0.25) is 0 Å². The lowest BCUT2D eigenvalue weighted by Gasteiger charge is -2.01. The van der Waals surface area contributed by atoms with Gasteiger partial charge in [-0.2, -0.15) is 0 Å². The molecule has 0 amide bonds. The highest BCUT2D eigenvalue weighted by atomic mass is 16.5. The third kappa shape index (κ3) is 4.73. The van der Waals surface area contributed by atoms with Crippen molar-refractivity contribution in [3.05, 3.63) is 11.8 Å². The van der Waals surface area contributed by atoms with Crippen LogP contribution in [-0.4, -0.2) is 30.9 Å². The van der Waals surface area contributed by atoms with Crippen molar-refractivity contribution in [2.45, 2.75) is 13.8 Å². The van der Waals surface area contributed by atoms with E-state index in [9.17, 15) is 4.79 Å². The summed E-state index contributed by atoms with van der Waals surface area (Å²) in [5.41, 5.74) is 0.394. The van der Waals surface area contributed by atoms with Crippen molar-refractivity contribution in [3.63, 3.8) is 0 Å². The van der Waals surface area contributed by atoms with Crippen LogP contribution in [0.4, 0.5) is 0 Å². The molecule has 0 atom stereocenters. The smallest absolute Gasteiger partial charge is 0.336 e. The molecule has 0 heterocycles. The van der Waals surface area contributed by atoms with E-state index in [0.29, 0.717) is 12.2 Å². The van der Waals surface area contributed by atoms with E-state index in [2.05, 4.69) is 4.74 Å². The second kappa shape index (κ2) is 6.67. The third-order valence-corrected chi connectivity index (χ3v) is 1.07. The van der Waals surface area contributed by atoms with E-state index in [1.807, 2.05) is 0 Å². The Morgan fingerprint density at radius 3 is 2.75 bits per heavy atom. The lowest BCUT2D eigenvalue weighted by Crippen LogP contribution is -2.06. The maximum absolute atomic E-state index is 10.9. The average molecular weight is 174 g/mol. The number of hydrogen-bond donors (Lipinski definition) is 1. The number of ether oxygens (including phenoxy) is 2. The van der Waals surface area contributed by atoms with E-state index in [-0.39, 0.29) is 13.2 Å². The second-order valence-electron chi connectivity index (χ2n) is 2.12. The summed E-state index contributed by atoms with van der Waals surface area (Å²) in [6.45, 7) is 3.81. The van der Waals surface area contributed by atoms with Crippen LogP contribution in [0, 0.1) is 0 Å². The minimum atomic E-state index is -0.393. The van der Waals surface area contributed by atoms with Crippen LogP contribution in [0.3, 0.4) is 0 Å². The van der Waals surface area contributed by atoms with Gasteiger partial charge < -0.3 is 14.6 Å². The van der Waals surface area contributed by atoms with Gasteiger partial charge in [-0.25, -0.2) is 4.79 Å². The molecule has 0 aromatic carbocycles. The first-order valence-electron chi connectivity index (χ1n) is 3.78. The topological polar surface area (TPSA) is 55.8 Å². The zero-order chi connectivity index (χ0) is 9.40. The Hall–Kier alpha value is -1.03. The highest BCUT2D eigenvalue weighted by molar-refractivity contribution is 5.87. The molecule has 0 bridgehead atoms. The minimum Gasteiger partial charge on any atom is -0.498 e. The van der Waals surface area contributed by atoms with Gasteiger partial charge in [0.05, 0.1) is 25.0 Å². The molecule has 12 heavy (non-hydrogen) atoms. The summed E-state index contributed by atoms with van der Waals surface area (Å²) in [5.74, 6) is -0.393. The molecule has 0 spiro atoms. The normalized spacial score (nSPS) is 11.1. The maximum Gasteiger partial charge on any atom is 0.336 e. The quantitative estimate of drug-likeness (QED) is 0.285. The number of carbonyl (C=O) groups is 1. The molecule has 0 aromatic heterocycles. The standard InChI is InChI=1S/C8H14O4/c1-3-12-8(10)7(2)6-11-5-4-9/h6,9H,3-5H2,1-2H3. The fourth-order valence-corrected chi connectivity index (χ4v) is 0.530. The first-order chi connectivity index (χ1) is 5.72. The van der Waals surface area contributed by atoms with Crippen molar-refractivity contribution >= 4 is 5.97 Å². The Labute approximate surface area is 71.8 Å². The van der Waals surface area contributed by atoms with Crippen molar-refractivity contribution < 1.29 is 19.4 Å². The minimum absolute atomic E-state index is 0.0629. The average Bonchev–Trinajstić information content (AvgIpc) is 2.05. The van der Waals surface area contributed by atoms with Gasteiger partial charge in [-0.3, -0.25) is 0 Å². The largest absolute Gasteiger partial charge is 0.498 e. The van der Waals surface area contributed by atoms with Crippen LogP contribution < -0.4 is 0 Å². The van der Waals surface area contributed by atoms with Crippen molar-refractivity contribution in [3.8, 4) is 0 Å². The maximum atomic E-state index is 10.9. The Kier molecular flexibility index (Phi) is 6.09. The van der Waals surface area contributed by atoms with E-state index in [1.54, 1.807) is 13.8 Å². The van der Waals surface area contributed by atoms with Gasteiger partial charge in [0.1, 0.15) is 6.61 Å². The number of hydrogen-bond acceptors (Lipinski definition) is 4. The Bertz CT molecular complexity index is 162. The zero-order valence-corrected chi connectivity index (χ0v) is 7.37. The van der Waals surface area contributed by atoms with Crippen LogP contribution in [0.5, 0.6) is 0 Å². The molecule has 0 aliphatic carbocycles. The summed E-state index contributed by atoms with van der Waals surface area (Å²) in [7, 11) is 0. The van der Waals surface area contributed by atoms with E-state index in [0.717, 1.165) is 0 Å². The summed E-state index contributed by atoms with van der Waals surface area (Å²) >= 11 is 0. The van der Waals surface area contributed by atoms with Crippen LogP contribution in [0.15, 0.2) is 11.8 Å². The first-order valence-corrected chi connectivity index (χ1v) is 3.78. The number of esters is 1. The molecule has 0 aliphatic heterocycles. The number of rotatable bonds is 5. The fraction of sp³-hybridized carbons (Fsp3) is 0.625. The summed E-state index contributed by atoms with van der Waals surface area (Å²) < 4.78 is 9.48. The first kappa shape index (κ1) is 11.0. The van der Waals surface area contributed by atoms with Crippen LogP contribution in [-0.2, 0) is 14.3 Å². The fourth-order valence-electron chi connectivity index (χ4n) is 0.530. The summed E-state index contributed by atoms with van der Waals surface area (Å²) in [4.78, 5) is 10.9. The SMILES string of the molecule is CCOC(=O)C(C)=COCCO. The highest BCUT2D eigenvalue weighted by Gasteiger charge is 2.03.